The van der Waals surface area contributed by atoms with Gasteiger partial charge in [0, 0.05) is 29.0 Å². The van der Waals surface area contributed by atoms with E-state index in [0.29, 0.717) is 28.7 Å². The fourth-order valence-corrected chi connectivity index (χ4v) is 5.16. The van der Waals surface area contributed by atoms with E-state index in [4.69, 9.17) is 9.26 Å². The second kappa shape index (κ2) is 9.72. The minimum absolute atomic E-state index is 0.0706. The van der Waals surface area contributed by atoms with Crippen LogP contribution in [0.5, 0.6) is 11.5 Å². The lowest BCUT2D eigenvalue weighted by Crippen LogP contribution is -2.52. The highest BCUT2D eigenvalue weighted by molar-refractivity contribution is 8.00. The molecule has 3 rings (SSSR count). The van der Waals surface area contributed by atoms with Gasteiger partial charge in [0.15, 0.2) is 0 Å². The smallest absolute Gasteiger partial charge is 0.323 e. The Morgan fingerprint density at radius 3 is 2.38 bits per heavy atom. The van der Waals surface area contributed by atoms with Crippen LogP contribution in [-0.2, 0) is 20.6 Å². The Kier molecular flexibility index (Phi) is 7.22. The largest absolute Gasteiger partial charge is 0.480 e. The van der Waals surface area contributed by atoms with Crippen molar-refractivity contribution in [1.29, 1.82) is 0 Å². The van der Waals surface area contributed by atoms with Gasteiger partial charge in [-0.2, -0.15) is 4.72 Å². The molecule has 0 aliphatic carbocycles. The van der Waals surface area contributed by atoms with E-state index < -0.39 is 26.8 Å². The highest BCUT2D eigenvalue weighted by Gasteiger charge is 2.39. The van der Waals surface area contributed by atoms with Crippen LogP contribution >= 0.6 is 11.8 Å². The first-order valence-electron chi connectivity index (χ1n) is 9.56. The van der Waals surface area contributed by atoms with Crippen LogP contribution in [0.4, 0.5) is 0 Å². The summed E-state index contributed by atoms with van der Waals surface area (Å²) >= 11 is 1.27. The molecule has 0 saturated heterocycles. The average Bonchev–Trinajstić information content (AvgIpc) is 3.17. The first-order valence-corrected chi connectivity index (χ1v) is 12.0. The lowest BCUT2D eigenvalue weighted by molar-refractivity contribution is -0.139. The molecule has 2 N–H and O–H groups in total. The third-order valence-electron chi connectivity index (χ3n) is 4.50. The molecule has 0 fully saturated rings. The number of carboxylic acid groups (broad SMARTS) is 1. The zero-order valence-corrected chi connectivity index (χ0v) is 19.3. The molecule has 11 heteroatoms. The molecule has 32 heavy (non-hydrogen) atoms. The molecule has 2 aromatic heterocycles. The molecule has 1 atom stereocenters. The van der Waals surface area contributed by atoms with Crippen LogP contribution < -0.4 is 9.46 Å². The quantitative estimate of drug-likeness (QED) is 0.449. The number of hydrogen-bond donors (Lipinski definition) is 2. The Bertz CT molecular complexity index is 1160. The highest BCUT2D eigenvalue weighted by atomic mass is 32.2. The molecule has 0 saturated carbocycles. The number of pyridine rings is 1. The number of aromatic nitrogens is 2. The Hall–Kier alpha value is -2.89. The van der Waals surface area contributed by atoms with Crippen molar-refractivity contribution in [3.8, 4) is 11.5 Å². The van der Waals surface area contributed by atoms with Crippen molar-refractivity contribution in [3.05, 3.63) is 66.3 Å². The van der Waals surface area contributed by atoms with Crippen LogP contribution in [0.2, 0.25) is 0 Å². The molecule has 1 aromatic carbocycles. The Morgan fingerprint density at radius 2 is 1.81 bits per heavy atom. The predicted octanol–water partition coefficient (Wildman–Crippen LogP) is 3.61. The van der Waals surface area contributed by atoms with Gasteiger partial charge in [0.25, 0.3) is 0 Å². The lowest BCUT2D eigenvalue weighted by Gasteiger charge is -2.31. The summed E-state index contributed by atoms with van der Waals surface area (Å²) in [5.41, 5.74) is 0.650. The molecule has 2 heterocycles. The first kappa shape index (κ1) is 23.8. The fraction of sp³-hybridized carbons (Fsp3) is 0.286. The SMILES string of the molecule is Cc1cc(CSC(C)(C)C(NS(=O)(=O)c2ccc(Oc3ccncc3)cc2)C(=O)O)no1. The summed E-state index contributed by atoms with van der Waals surface area (Å²) in [5.74, 6) is 0.728. The molecule has 3 aromatic rings. The van der Waals surface area contributed by atoms with Gasteiger partial charge < -0.3 is 14.4 Å². The fourth-order valence-electron chi connectivity index (χ4n) is 2.77. The molecule has 170 valence electrons. The van der Waals surface area contributed by atoms with Crippen molar-refractivity contribution in [2.45, 2.75) is 42.2 Å². The standard InChI is InChI=1S/C21H23N3O6S2/c1-14-12-15(23-30-14)13-31-21(2,3)19(20(25)26)24-32(27,28)18-6-4-16(5-7-18)29-17-8-10-22-11-9-17/h4-12,19,24H,13H2,1-3H3,(H,25,26). The number of carboxylic acids is 1. The van der Waals surface area contributed by atoms with E-state index in [9.17, 15) is 18.3 Å². The van der Waals surface area contributed by atoms with Crippen LogP contribution in [0, 0.1) is 6.92 Å². The van der Waals surface area contributed by atoms with Crippen molar-refractivity contribution < 1.29 is 27.6 Å². The van der Waals surface area contributed by atoms with Crippen LogP contribution in [0.15, 0.2) is 64.3 Å². The van der Waals surface area contributed by atoms with Gasteiger partial charge in [-0.15, -0.1) is 11.8 Å². The number of hydrogen-bond acceptors (Lipinski definition) is 8. The lowest BCUT2D eigenvalue weighted by atomic mass is 10.1. The summed E-state index contributed by atoms with van der Waals surface area (Å²) in [5, 5.41) is 13.6. The molecule has 0 radical (unpaired) electrons. The maximum atomic E-state index is 12.9. The number of nitrogens with zero attached hydrogens (tertiary/aromatic N) is 2. The zero-order chi connectivity index (χ0) is 23.4. The summed E-state index contributed by atoms with van der Waals surface area (Å²) in [6.07, 6.45) is 3.15. The summed E-state index contributed by atoms with van der Waals surface area (Å²) in [6.45, 7) is 5.09. The average molecular weight is 478 g/mol. The van der Waals surface area contributed by atoms with Crippen molar-refractivity contribution in [3.63, 3.8) is 0 Å². The molecule has 9 nitrogen and oxygen atoms in total. The third-order valence-corrected chi connectivity index (χ3v) is 7.36. The van der Waals surface area contributed by atoms with E-state index in [1.807, 2.05) is 0 Å². The van der Waals surface area contributed by atoms with Gasteiger partial charge in [-0.25, -0.2) is 8.42 Å². The molecular formula is C21H23N3O6S2. The number of aryl methyl sites for hydroxylation is 1. The van der Waals surface area contributed by atoms with Crippen LogP contribution in [-0.4, -0.2) is 40.4 Å². The van der Waals surface area contributed by atoms with E-state index in [1.165, 1.54) is 36.0 Å². The Labute approximate surface area is 190 Å². The number of benzene rings is 1. The van der Waals surface area contributed by atoms with Gasteiger partial charge in [0.2, 0.25) is 10.0 Å². The Balaban J connectivity index is 1.72. The summed E-state index contributed by atoms with van der Waals surface area (Å²) in [6, 6.07) is 9.42. The molecule has 0 aliphatic heterocycles. The monoisotopic (exact) mass is 477 g/mol. The van der Waals surface area contributed by atoms with Gasteiger partial charge in [-0.3, -0.25) is 9.78 Å². The molecule has 1 unspecified atom stereocenters. The highest BCUT2D eigenvalue weighted by Crippen LogP contribution is 2.32. The minimum Gasteiger partial charge on any atom is -0.480 e. The summed E-state index contributed by atoms with van der Waals surface area (Å²) in [7, 11) is -4.10. The van der Waals surface area contributed by atoms with Gasteiger partial charge >= 0.3 is 5.97 Å². The maximum absolute atomic E-state index is 12.9. The second-order valence-corrected chi connectivity index (χ2v) is 10.8. The third kappa shape index (κ3) is 6.09. The summed E-state index contributed by atoms with van der Waals surface area (Å²) in [4.78, 5) is 15.8. The number of nitrogens with one attached hydrogen (secondary N) is 1. The molecule has 0 bridgehead atoms. The van der Waals surface area contributed by atoms with Gasteiger partial charge in [0.1, 0.15) is 23.3 Å². The van der Waals surface area contributed by atoms with Crippen molar-refractivity contribution >= 4 is 27.8 Å². The number of thioether (sulfide) groups is 1. The number of sulfonamides is 1. The van der Waals surface area contributed by atoms with Gasteiger partial charge in [-0.05, 0) is 57.2 Å². The minimum atomic E-state index is -4.10. The number of ether oxygens (including phenoxy) is 1. The maximum Gasteiger partial charge on any atom is 0.323 e. The first-order chi connectivity index (χ1) is 15.1. The van der Waals surface area contributed by atoms with E-state index >= 15 is 0 Å². The van der Waals surface area contributed by atoms with Crippen molar-refractivity contribution in [2.75, 3.05) is 0 Å². The van der Waals surface area contributed by atoms with Crippen LogP contribution in [0.3, 0.4) is 0 Å². The van der Waals surface area contributed by atoms with E-state index in [2.05, 4.69) is 14.9 Å². The molecular weight excluding hydrogens is 454 g/mol. The molecule has 0 aliphatic rings. The van der Waals surface area contributed by atoms with Crippen LogP contribution in [0.1, 0.15) is 25.3 Å². The normalized spacial score (nSPS) is 13.0. The number of carbonyl (C=O) groups is 1. The second-order valence-electron chi connectivity index (χ2n) is 7.47. The van der Waals surface area contributed by atoms with Crippen molar-refractivity contribution in [1.82, 2.24) is 14.9 Å². The van der Waals surface area contributed by atoms with Crippen LogP contribution in [0.25, 0.3) is 0 Å². The predicted molar refractivity (Wildman–Crippen MR) is 119 cm³/mol. The topological polar surface area (TPSA) is 132 Å². The Morgan fingerprint density at radius 1 is 1.19 bits per heavy atom. The number of rotatable bonds is 10. The zero-order valence-electron chi connectivity index (χ0n) is 17.7. The molecule has 0 spiro atoms. The van der Waals surface area contributed by atoms with Gasteiger partial charge in [0.05, 0.1) is 10.6 Å². The van der Waals surface area contributed by atoms with E-state index in [0.717, 1.165) is 0 Å². The van der Waals surface area contributed by atoms with E-state index in [1.54, 1.807) is 51.4 Å². The van der Waals surface area contributed by atoms with Crippen molar-refractivity contribution in [2.24, 2.45) is 0 Å². The van der Waals surface area contributed by atoms with E-state index in [-0.39, 0.29) is 4.90 Å². The number of aliphatic carboxylic acids is 1. The molecule has 0 amide bonds. The summed E-state index contributed by atoms with van der Waals surface area (Å²) < 4.78 is 37.8. The van der Waals surface area contributed by atoms with Gasteiger partial charge in [-0.1, -0.05) is 5.16 Å².